The van der Waals surface area contributed by atoms with E-state index in [1.165, 1.54) is 37.8 Å². The molecule has 0 atom stereocenters. The Kier molecular flexibility index (Phi) is 5.21. The van der Waals surface area contributed by atoms with Gasteiger partial charge in [-0.25, -0.2) is 4.79 Å². The minimum Gasteiger partial charge on any atom is -0.444 e. The Morgan fingerprint density at radius 2 is 2.00 bits per heavy atom. The van der Waals surface area contributed by atoms with Crippen molar-refractivity contribution < 1.29 is 9.53 Å². The molecule has 116 valence electrons. The molecular weight excluding hydrogens is 264 g/mol. The van der Waals surface area contributed by atoms with E-state index in [1.54, 1.807) is 0 Å². The van der Waals surface area contributed by atoms with E-state index in [4.69, 9.17) is 4.74 Å². The zero-order chi connectivity index (χ0) is 15.3. The van der Waals surface area contributed by atoms with E-state index in [1.807, 2.05) is 33.0 Å². The third-order valence-electron chi connectivity index (χ3n) is 3.71. The van der Waals surface area contributed by atoms with Gasteiger partial charge < -0.3 is 10.1 Å². The summed E-state index contributed by atoms with van der Waals surface area (Å²) in [6.45, 7) is 6.01. The molecule has 0 aromatic carbocycles. The van der Waals surface area contributed by atoms with E-state index in [2.05, 4.69) is 16.4 Å². The van der Waals surface area contributed by atoms with Crippen molar-refractivity contribution in [2.24, 2.45) is 0 Å². The number of hydrogen-bond acceptors (Lipinski definition) is 3. The van der Waals surface area contributed by atoms with Crippen LogP contribution in [-0.2, 0) is 11.3 Å². The summed E-state index contributed by atoms with van der Waals surface area (Å²) in [6.07, 6.45) is 7.96. The standard InChI is InChI=1S/C17H26N2O2/c1-17(2,3)21-16(20)19-12-13-9-10-15(18-11-13)14-7-5-4-6-8-14/h9-11,14H,4-8,12H2,1-3H3,(H,19,20). The van der Waals surface area contributed by atoms with Gasteiger partial charge in [-0.05, 0) is 45.2 Å². The highest BCUT2D eigenvalue weighted by molar-refractivity contribution is 5.67. The minimum atomic E-state index is -0.465. The van der Waals surface area contributed by atoms with Crippen LogP contribution < -0.4 is 5.32 Å². The van der Waals surface area contributed by atoms with Gasteiger partial charge in [0.2, 0.25) is 0 Å². The van der Waals surface area contributed by atoms with Gasteiger partial charge in [0.15, 0.2) is 0 Å². The topological polar surface area (TPSA) is 51.2 Å². The summed E-state index contributed by atoms with van der Waals surface area (Å²) in [6, 6.07) is 4.15. The first-order valence-corrected chi connectivity index (χ1v) is 7.86. The summed E-state index contributed by atoms with van der Waals surface area (Å²) >= 11 is 0. The Morgan fingerprint density at radius 3 is 2.57 bits per heavy atom. The minimum absolute atomic E-state index is 0.390. The fraction of sp³-hybridized carbons (Fsp3) is 0.647. The van der Waals surface area contributed by atoms with Crippen molar-refractivity contribution in [2.45, 2.75) is 70.9 Å². The average Bonchev–Trinajstić information content (AvgIpc) is 2.45. The molecule has 1 heterocycles. The van der Waals surface area contributed by atoms with Gasteiger partial charge in [0, 0.05) is 24.4 Å². The lowest BCUT2D eigenvalue weighted by Crippen LogP contribution is -2.32. The fourth-order valence-electron chi connectivity index (χ4n) is 2.67. The van der Waals surface area contributed by atoms with Crippen LogP contribution in [-0.4, -0.2) is 16.7 Å². The van der Waals surface area contributed by atoms with Crippen LogP contribution in [0.1, 0.15) is 70.1 Å². The molecule has 0 spiro atoms. The number of rotatable bonds is 3. The molecule has 1 aliphatic rings. The van der Waals surface area contributed by atoms with Crippen LogP contribution in [0, 0.1) is 0 Å². The highest BCUT2D eigenvalue weighted by Gasteiger charge is 2.17. The number of nitrogens with one attached hydrogen (secondary N) is 1. The van der Waals surface area contributed by atoms with Gasteiger partial charge in [0.25, 0.3) is 0 Å². The molecule has 1 saturated carbocycles. The number of nitrogens with zero attached hydrogens (tertiary/aromatic N) is 1. The fourth-order valence-corrected chi connectivity index (χ4v) is 2.67. The van der Waals surface area contributed by atoms with Crippen molar-refractivity contribution in [1.29, 1.82) is 0 Å². The Bertz CT molecular complexity index is 457. The molecule has 4 nitrogen and oxygen atoms in total. The van der Waals surface area contributed by atoms with Gasteiger partial charge in [-0.15, -0.1) is 0 Å². The summed E-state index contributed by atoms with van der Waals surface area (Å²) in [5.74, 6) is 0.617. The van der Waals surface area contributed by atoms with Crippen molar-refractivity contribution in [3.63, 3.8) is 0 Å². The molecule has 1 fully saturated rings. The van der Waals surface area contributed by atoms with Gasteiger partial charge in [0.1, 0.15) is 5.60 Å². The van der Waals surface area contributed by atoms with Crippen LogP contribution in [0.4, 0.5) is 4.79 Å². The predicted octanol–water partition coefficient (Wildman–Crippen LogP) is 4.15. The SMILES string of the molecule is CC(C)(C)OC(=O)NCc1ccc(C2CCCCC2)nc1. The molecule has 1 amide bonds. The summed E-state index contributed by atoms with van der Waals surface area (Å²) in [4.78, 5) is 16.2. The lowest BCUT2D eigenvalue weighted by molar-refractivity contribution is 0.0523. The molecule has 4 heteroatoms. The van der Waals surface area contributed by atoms with Crippen molar-refractivity contribution in [2.75, 3.05) is 0 Å². The third-order valence-corrected chi connectivity index (χ3v) is 3.71. The highest BCUT2D eigenvalue weighted by atomic mass is 16.6. The first kappa shape index (κ1) is 15.8. The number of carbonyl (C=O) groups is 1. The van der Waals surface area contributed by atoms with Crippen LogP contribution in [0.25, 0.3) is 0 Å². The van der Waals surface area contributed by atoms with Gasteiger partial charge in [-0.3, -0.25) is 4.98 Å². The molecule has 0 radical (unpaired) electrons. The van der Waals surface area contributed by atoms with Crippen LogP contribution in [0.5, 0.6) is 0 Å². The smallest absolute Gasteiger partial charge is 0.407 e. The molecule has 0 unspecified atom stereocenters. The Balaban J connectivity index is 1.83. The Hall–Kier alpha value is -1.58. The monoisotopic (exact) mass is 290 g/mol. The summed E-state index contributed by atoms with van der Waals surface area (Å²) in [7, 11) is 0. The maximum absolute atomic E-state index is 11.6. The molecule has 1 aromatic rings. The number of ether oxygens (including phenoxy) is 1. The molecule has 0 aliphatic heterocycles. The molecular formula is C17H26N2O2. The van der Waals surface area contributed by atoms with Crippen molar-refractivity contribution in [3.05, 3.63) is 29.6 Å². The van der Waals surface area contributed by atoms with E-state index >= 15 is 0 Å². The normalized spacial score (nSPS) is 16.5. The van der Waals surface area contributed by atoms with Gasteiger partial charge >= 0.3 is 6.09 Å². The second-order valence-corrected chi connectivity index (χ2v) is 6.78. The zero-order valence-electron chi connectivity index (χ0n) is 13.3. The number of amides is 1. The molecule has 2 rings (SSSR count). The average molecular weight is 290 g/mol. The summed E-state index contributed by atoms with van der Waals surface area (Å²) in [5, 5.41) is 2.75. The largest absolute Gasteiger partial charge is 0.444 e. The zero-order valence-corrected chi connectivity index (χ0v) is 13.3. The molecule has 1 aromatic heterocycles. The second kappa shape index (κ2) is 6.92. The lowest BCUT2D eigenvalue weighted by Gasteiger charge is -2.21. The van der Waals surface area contributed by atoms with Crippen LogP contribution in [0.15, 0.2) is 18.3 Å². The van der Waals surface area contributed by atoms with E-state index in [9.17, 15) is 4.79 Å². The van der Waals surface area contributed by atoms with Crippen LogP contribution >= 0.6 is 0 Å². The number of hydrogen-bond donors (Lipinski definition) is 1. The molecule has 21 heavy (non-hydrogen) atoms. The molecule has 1 aliphatic carbocycles. The summed E-state index contributed by atoms with van der Waals surface area (Å²) < 4.78 is 5.21. The Labute approximate surface area is 127 Å². The quantitative estimate of drug-likeness (QED) is 0.909. The molecule has 1 N–H and O–H groups in total. The Morgan fingerprint density at radius 1 is 1.29 bits per heavy atom. The molecule has 0 saturated heterocycles. The third kappa shape index (κ3) is 5.37. The van der Waals surface area contributed by atoms with Crippen LogP contribution in [0.2, 0.25) is 0 Å². The van der Waals surface area contributed by atoms with Crippen LogP contribution in [0.3, 0.4) is 0 Å². The lowest BCUT2D eigenvalue weighted by atomic mass is 9.86. The number of carbonyl (C=O) groups excluding carboxylic acids is 1. The summed E-state index contributed by atoms with van der Waals surface area (Å²) in [5.41, 5.74) is 1.73. The van der Waals surface area contributed by atoms with E-state index in [0.717, 1.165) is 5.56 Å². The van der Waals surface area contributed by atoms with Crippen molar-refractivity contribution >= 4 is 6.09 Å². The first-order valence-electron chi connectivity index (χ1n) is 7.86. The second-order valence-electron chi connectivity index (χ2n) is 6.78. The van der Waals surface area contributed by atoms with Gasteiger partial charge in [-0.2, -0.15) is 0 Å². The van der Waals surface area contributed by atoms with E-state index in [0.29, 0.717) is 12.5 Å². The first-order chi connectivity index (χ1) is 9.94. The number of pyridine rings is 1. The van der Waals surface area contributed by atoms with Gasteiger partial charge in [-0.1, -0.05) is 25.3 Å². The van der Waals surface area contributed by atoms with E-state index < -0.39 is 5.60 Å². The molecule has 0 bridgehead atoms. The number of aromatic nitrogens is 1. The van der Waals surface area contributed by atoms with Crippen molar-refractivity contribution in [1.82, 2.24) is 10.3 Å². The highest BCUT2D eigenvalue weighted by Crippen LogP contribution is 2.31. The van der Waals surface area contributed by atoms with Gasteiger partial charge in [0.05, 0.1) is 0 Å². The maximum Gasteiger partial charge on any atom is 0.407 e. The number of alkyl carbamates (subject to hydrolysis) is 1. The predicted molar refractivity (Wildman–Crippen MR) is 83.1 cm³/mol. The maximum atomic E-state index is 11.6. The van der Waals surface area contributed by atoms with Crippen molar-refractivity contribution in [3.8, 4) is 0 Å². The van der Waals surface area contributed by atoms with E-state index in [-0.39, 0.29) is 6.09 Å².